The zero-order valence-corrected chi connectivity index (χ0v) is 18.9. The molecule has 1 N–H and O–H groups in total. The maximum Gasteiger partial charge on any atom is 0.273 e. The van der Waals surface area contributed by atoms with Gasteiger partial charge in [-0.25, -0.2) is 9.82 Å². The quantitative estimate of drug-likeness (QED) is 0.286. The molecule has 0 aliphatic carbocycles. The first-order chi connectivity index (χ1) is 16.5. The van der Waals surface area contributed by atoms with Crippen molar-refractivity contribution in [2.45, 2.75) is 13.5 Å². The molecule has 6 nitrogen and oxygen atoms in total. The molecule has 0 aliphatic heterocycles. The summed E-state index contributed by atoms with van der Waals surface area (Å²) in [4.78, 5) is 12.8. The summed E-state index contributed by atoms with van der Waals surface area (Å²) in [5, 5.41) is 4.28. The van der Waals surface area contributed by atoms with Crippen molar-refractivity contribution in [2.24, 2.45) is 5.10 Å². The number of para-hydroxylation sites is 1. The summed E-state index contributed by atoms with van der Waals surface area (Å²) in [7, 11) is 1.55. The fraction of sp³-hybridized carbons (Fsp3) is 0.111. The minimum atomic E-state index is -0.310. The molecular weight excluding hydrogens is 433 g/mol. The fourth-order valence-corrected chi connectivity index (χ4v) is 3.40. The number of hydrogen-bond donors (Lipinski definition) is 1. The molecule has 0 unspecified atom stereocenters. The number of ether oxygens (including phenoxy) is 2. The number of hydrogen-bond acceptors (Lipinski definition) is 4. The van der Waals surface area contributed by atoms with Crippen molar-refractivity contribution in [3.05, 3.63) is 114 Å². The summed E-state index contributed by atoms with van der Waals surface area (Å²) in [6.45, 7) is 2.08. The van der Waals surface area contributed by atoms with Crippen LogP contribution in [-0.2, 0) is 6.61 Å². The first-order valence-electron chi connectivity index (χ1n) is 10.7. The third kappa shape index (κ3) is 5.32. The number of amides is 1. The van der Waals surface area contributed by atoms with Crippen LogP contribution in [0.4, 0.5) is 4.39 Å². The minimum Gasteiger partial charge on any atom is -0.493 e. The molecule has 34 heavy (non-hydrogen) atoms. The Hall–Kier alpha value is -4.39. The first-order valence-corrected chi connectivity index (χ1v) is 10.7. The Balaban J connectivity index is 1.46. The van der Waals surface area contributed by atoms with E-state index in [9.17, 15) is 9.18 Å². The van der Waals surface area contributed by atoms with Gasteiger partial charge in [0, 0.05) is 18.0 Å². The third-order valence-corrected chi connectivity index (χ3v) is 5.25. The van der Waals surface area contributed by atoms with Crippen LogP contribution in [0.15, 0.2) is 96.4 Å². The molecule has 0 radical (unpaired) electrons. The van der Waals surface area contributed by atoms with Gasteiger partial charge in [-0.2, -0.15) is 5.10 Å². The molecule has 4 rings (SSSR count). The lowest BCUT2D eigenvalue weighted by atomic mass is 10.1. The average Bonchev–Trinajstić information content (AvgIpc) is 3.41. The molecule has 0 saturated heterocycles. The molecule has 0 bridgehead atoms. The van der Waals surface area contributed by atoms with E-state index in [2.05, 4.69) is 10.5 Å². The molecule has 0 aliphatic rings. The predicted octanol–water partition coefficient (Wildman–Crippen LogP) is 5.36. The molecule has 4 aromatic rings. The summed E-state index contributed by atoms with van der Waals surface area (Å²) >= 11 is 0. The summed E-state index contributed by atoms with van der Waals surface area (Å²) in [5.74, 6) is 0.474. The Kier molecular flexibility index (Phi) is 7.03. The lowest BCUT2D eigenvalue weighted by molar-refractivity contribution is 0.0955. The van der Waals surface area contributed by atoms with Gasteiger partial charge < -0.3 is 14.0 Å². The van der Waals surface area contributed by atoms with E-state index in [1.54, 1.807) is 44.4 Å². The maximum absolute atomic E-state index is 13.1. The third-order valence-electron chi connectivity index (χ3n) is 5.25. The second-order valence-corrected chi connectivity index (χ2v) is 7.53. The van der Waals surface area contributed by atoms with E-state index in [1.165, 1.54) is 12.1 Å². The highest BCUT2D eigenvalue weighted by molar-refractivity contribution is 6.02. The van der Waals surface area contributed by atoms with Crippen molar-refractivity contribution in [1.29, 1.82) is 0 Å². The Morgan fingerprint density at radius 1 is 0.971 bits per heavy atom. The van der Waals surface area contributed by atoms with E-state index >= 15 is 0 Å². The van der Waals surface area contributed by atoms with Gasteiger partial charge in [0.1, 0.15) is 12.4 Å². The number of carbonyl (C=O) groups is 1. The maximum atomic E-state index is 13.1. The van der Waals surface area contributed by atoms with Crippen LogP contribution in [-0.4, -0.2) is 23.3 Å². The second-order valence-electron chi connectivity index (χ2n) is 7.53. The first kappa shape index (κ1) is 22.8. The number of carbonyl (C=O) groups excluding carboxylic acids is 1. The molecular formula is C27H24FN3O3. The van der Waals surface area contributed by atoms with Crippen LogP contribution in [0.3, 0.4) is 0 Å². The second kappa shape index (κ2) is 10.5. The fourth-order valence-electron chi connectivity index (χ4n) is 3.40. The van der Waals surface area contributed by atoms with Crippen molar-refractivity contribution in [3.8, 4) is 17.2 Å². The number of methoxy groups -OCH3 is 1. The minimum absolute atomic E-state index is 0.278. The highest BCUT2D eigenvalue weighted by Gasteiger charge is 2.12. The zero-order valence-electron chi connectivity index (χ0n) is 18.9. The van der Waals surface area contributed by atoms with Gasteiger partial charge >= 0.3 is 0 Å². The van der Waals surface area contributed by atoms with E-state index in [0.717, 1.165) is 16.8 Å². The molecule has 172 valence electrons. The molecule has 0 fully saturated rings. The zero-order chi connectivity index (χ0) is 23.9. The summed E-state index contributed by atoms with van der Waals surface area (Å²) < 4.78 is 26.3. The van der Waals surface area contributed by atoms with Crippen molar-refractivity contribution in [3.63, 3.8) is 0 Å². The van der Waals surface area contributed by atoms with Gasteiger partial charge in [0.15, 0.2) is 11.5 Å². The molecule has 7 heteroatoms. The number of hydrazone groups is 1. The Labute approximate surface area is 197 Å². The summed E-state index contributed by atoms with van der Waals surface area (Å²) in [5.41, 5.74) is 6.13. The number of rotatable bonds is 8. The Morgan fingerprint density at radius 2 is 1.71 bits per heavy atom. The molecule has 1 aromatic heterocycles. The van der Waals surface area contributed by atoms with Crippen molar-refractivity contribution in [1.82, 2.24) is 9.99 Å². The number of nitrogens with zero attached hydrogens (tertiary/aromatic N) is 2. The van der Waals surface area contributed by atoms with Crippen LogP contribution in [0, 0.1) is 5.82 Å². The van der Waals surface area contributed by atoms with Crippen LogP contribution in [0.25, 0.3) is 5.69 Å². The standard InChI is InChI=1S/C27H24FN3O3/c1-19(29-30-27(32)23-7-3-4-8-24(23)31-15-5-6-16-31)21-11-14-25(26(17-21)33-2)34-18-20-9-12-22(28)13-10-20/h3-17H,18H2,1-2H3,(H,30,32)/b29-19+. The van der Waals surface area contributed by atoms with E-state index in [-0.39, 0.29) is 18.3 Å². The Morgan fingerprint density at radius 3 is 2.44 bits per heavy atom. The van der Waals surface area contributed by atoms with Crippen LogP contribution < -0.4 is 14.9 Å². The molecule has 0 saturated carbocycles. The summed E-state index contributed by atoms with van der Waals surface area (Å²) in [6.07, 6.45) is 3.76. The van der Waals surface area contributed by atoms with Gasteiger partial charge in [0.2, 0.25) is 0 Å². The lowest BCUT2D eigenvalue weighted by Crippen LogP contribution is -2.21. The van der Waals surface area contributed by atoms with Crippen molar-refractivity contribution >= 4 is 11.6 Å². The highest BCUT2D eigenvalue weighted by atomic mass is 19.1. The van der Waals surface area contributed by atoms with E-state index < -0.39 is 0 Å². The van der Waals surface area contributed by atoms with Gasteiger partial charge in [-0.3, -0.25) is 4.79 Å². The predicted molar refractivity (Wildman–Crippen MR) is 129 cm³/mol. The number of aromatic nitrogens is 1. The van der Waals surface area contributed by atoms with Gasteiger partial charge in [-0.15, -0.1) is 0 Å². The molecule has 1 heterocycles. The molecule has 1 amide bonds. The molecule has 0 atom stereocenters. The van der Waals surface area contributed by atoms with Crippen molar-refractivity contribution < 1.29 is 18.7 Å². The van der Waals surface area contributed by atoms with Gasteiger partial charge in [-0.05, 0) is 67.1 Å². The topological polar surface area (TPSA) is 64.8 Å². The number of nitrogens with one attached hydrogen (secondary N) is 1. The van der Waals surface area contributed by atoms with E-state index in [4.69, 9.17) is 9.47 Å². The summed E-state index contributed by atoms with van der Waals surface area (Å²) in [6, 6.07) is 22.7. The van der Waals surface area contributed by atoms with Crippen LogP contribution >= 0.6 is 0 Å². The monoisotopic (exact) mass is 457 g/mol. The van der Waals surface area contributed by atoms with E-state index in [1.807, 2.05) is 53.4 Å². The van der Waals surface area contributed by atoms with Gasteiger partial charge in [-0.1, -0.05) is 24.3 Å². The van der Waals surface area contributed by atoms with E-state index in [0.29, 0.717) is 22.8 Å². The highest BCUT2D eigenvalue weighted by Crippen LogP contribution is 2.29. The van der Waals surface area contributed by atoms with Crippen molar-refractivity contribution in [2.75, 3.05) is 7.11 Å². The average molecular weight is 458 g/mol. The smallest absolute Gasteiger partial charge is 0.273 e. The number of benzene rings is 3. The largest absolute Gasteiger partial charge is 0.493 e. The molecule has 0 spiro atoms. The molecule has 3 aromatic carbocycles. The lowest BCUT2D eigenvalue weighted by Gasteiger charge is -2.13. The van der Waals surface area contributed by atoms with Gasteiger partial charge in [0.05, 0.1) is 24.1 Å². The van der Waals surface area contributed by atoms with Crippen LogP contribution in [0.2, 0.25) is 0 Å². The SMILES string of the molecule is COc1cc(/C(C)=N/NC(=O)c2ccccc2-n2cccc2)ccc1OCc1ccc(F)cc1. The normalized spacial score (nSPS) is 11.2. The van der Waals surface area contributed by atoms with Crippen LogP contribution in [0.1, 0.15) is 28.4 Å². The van der Waals surface area contributed by atoms with Crippen LogP contribution in [0.5, 0.6) is 11.5 Å². The van der Waals surface area contributed by atoms with Gasteiger partial charge in [0.25, 0.3) is 5.91 Å². The number of halogens is 1. The Bertz CT molecular complexity index is 1300.